The molecule has 0 radical (unpaired) electrons. The summed E-state index contributed by atoms with van der Waals surface area (Å²) < 4.78 is 0. The first-order chi connectivity index (χ1) is 8.99. The summed E-state index contributed by atoms with van der Waals surface area (Å²) in [5.74, 6) is -0.288. The third-order valence-corrected chi connectivity index (χ3v) is 4.12. The fraction of sp³-hybridized carbons (Fsp3) is 0.533. The average Bonchev–Trinajstić information content (AvgIpc) is 2.86. The first-order valence-corrected chi connectivity index (χ1v) is 6.89. The molecule has 4 heteroatoms. The molecular formula is C15H22N2O2. The van der Waals surface area contributed by atoms with Crippen LogP contribution in [0.2, 0.25) is 0 Å². The molecule has 0 aliphatic heterocycles. The Kier molecular flexibility index (Phi) is 3.98. The Morgan fingerprint density at radius 2 is 2.05 bits per heavy atom. The van der Waals surface area contributed by atoms with E-state index >= 15 is 0 Å². The summed E-state index contributed by atoms with van der Waals surface area (Å²) in [6, 6.07) is 3.93. The lowest BCUT2D eigenvalue weighted by Gasteiger charge is -2.22. The van der Waals surface area contributed by atoms with Gasteiger partial charge >= 0.3 is 5.97 Å². The molecule has 0 spiro atoms. The number of aromatic carboxylic acids is 1. The number of rotatable bonds is 4. The third kappa shape index (κ3) is 3.00. The van der Waals surface area contributed by atoms with Gasteiger partial charge in [0.15, 0.2) is 0 Å². The minimum atomic E-state index is -0.974. The van der Waals surface area contributed by atoms with E-state index in [0.717, 1.165) is 11.3 Å². The fourth-order valence-electron chi connectivity index (χ4n) is 2.90. The summed E-state index contributed by atoms with van der Waals surface area (Å²) in [6.45, 7) is 4.01. The summed E-state index contributed by atoms with van der Waals surface area (Å²) in [4.78, 5) is 11.2. The molecule has 4 nitrogen and oxygen atoms in total. The van der Waals surface area contributed by atoms with Crippen LogP contribution in [0.5, 0.6) is 0 Å². The first kappa shape index (κ1) is 13.7. The highest BCUT2D eigenvalue weighted by atomic mass is 16.4. The molecule has 1 aromatic carbocycles. The normalized spacial score (nSPS) is 17.4. The Morgan fingerprint density at radius 3 is 2.63 bits per heavy atom. The number of carboxylic acids is 1. The highest BCUT2D eigenvalue weighted by molar-refractivity contribution is 5.95. The van der Waals surface area contributed by atoms with E-state index < -0.39 is 5.97 Å². The van der Waals surface area contributed by atoms with Crippen molar-refractivity contribution in [3.05, 3.63) is 23.3 Å². The minimum Gasteiger partial charge on any atom is -0.478 e. The fourth-order valence-corrected chi connectivity index (χ4v) is 2.90. The molecule has 0 aromatic heterocycles. The number of anilines is 2. The Bertz CT molecular complexity index is 479. The SMILES string of the molecule is Cc1cc(NC(C)C2CCCC2)cc(C(=O)O)c1N. The molecule has 0 amide bonds. The molecule has 4 N–H and O–H groups in total. The average molecular weight is 262 g/mol. The Morgan fingerprint density at radius 1 is 1.42 bits per heavy atom. The molecule has 19 heavy (non-hydrogen) atoms. The van der Waals surface area contributed by atoms with E-state index in [9.17, 15) is 4.79 Å². The van der Waals surface area contributed by atoms with E-state index in [1.54, 1.807) is 6.07 Å². The monoisotopic (exact) mass is 262 g/mol. The van der Waals surface area contributed by atoms with Crippen molar-refractivity contribution >= 4 is 17.3 Å². The van der Waals surface area contributed by atoms with Crippen LogP contribution in [0.3, 0.4) is 0 Å². The molecule has 1 saturated carbocycles. The van der Waals surface area contributed by atoms with Gasteiger partial charge < -0.3 is 16.2 Å². The van der Waals surface area contributed by atoms with Crippen LogP contribution in [-0.4, -0.2) is 17.1 Å². The molecule has 0 heterocycles. The van der Waals surface area contributed by atoms with Gasteiger partial charge in [0.05, 0.1) is 5.56 Å². The van der Waals surface area contributed by atoms with E-state index in [-0.39, 0.29) is 5.56 Å². The van der Waals surface area contributed by atoms with E-state index in [1.165, 1.54) is 25.7 Å². The van der Waals surface area contributed by atoms with Gasteiger partial charge in [-0.2, -0.15) is 0 Å². The molecule has 0 saturated heterocycles. The van der Waals surface area contributed by atoms with Gasteiger partial charge in [-0.25, -0.2) is 4.79 Å². The highest BCUT2D eigenvalue weighted by Crippen LogP contribution is 2.30. The zero-order valence-corrected chi connectivity index (χ0v) is 11.6. The van der Waals surface area contributed by atoms with Crippen molar-refractivity contribution in [2.75, 3.05) is 11.1 Å². The smallest absolute Gasteiger partial charge is 0.337 e. The maximum absolute atomic E-state index is 11.2. The number of carboxylic acid groups (broad SMARTS) is 1. The molecule has 1 aliphatic rings. The number of hydrogen-bond donors (Lipinski definition) is 3. The topological polar surface area (TPSA) is 75.3 Å². The van der Waals surface area contributed by atoms with Crippen LogP contribution in [0.15, 0.2) is 12.1 Å². The van der Waals surface area contributed by atoms with E-state index in [2.05, 4.69) is 12.2 Å². The third-order valence-electron chi connectivity index (χ3n) is 4.12. The zero-order valence-electron chi connectivity index (χ0n) is 11.6. The van der Waals surface area contributed by atoms with Gasteiger partial charge in [-0.3, -0.25) is 0 Å². The number of benzene rings is 1. The molecular weight excluding hydrogens is 240 g/mol. The summed E-state index contributed by atoms with van der Waals surface area (Å²) in [7, 11) is 0. The van der Waals surface area contributed by atoms with Gasteiger partial charge in [-0.15, -0.1) is 0 Å². The van der Waals surface area contributed by atoms with Crippen molar-refractivity contribution in [1.29, 1.82) is 0 Å². The van der Waals surface area contributed by atoms with Crippen molar-refractivity contribution in [3.8, 4) is 0 Å². The summed E-state index contributed by atoms with van der Waals surface area (Å²) in [5.41, 5.74) is 7.99. The number of nitrogens with two attached hydrogens (primary N) is 1. The van der Waals surface area contributed by atoms with Crippen molar-refractivity contribution in [1.82, 2.24) is 0 Å². The van der Waals surface area contributed by atoms with E-state index in [0.29, 0.717) is 17.6 Å². The van der Waals surface area contributed by atoms with Crippen LogP contribution in [-0.2, 0) is 0 Å². The van der Waals surface area contributed by atoms with Crippen LogP contribution in [0.25, 0.3) is 0 Å². The number of nitrogens with one attached hydrogen (secondary N) is 1. The summed E-state index contributed by atoms with van der Waals surface area (Å²) in [5, 5.41) is 12.6. The molecule has 2 rings (SSSR count). The number of aryl methyl sites for hydroxylation is 1. The second-order valence-corrected chi connectivity index (χ2v) is 5.54. The molecule has 1 fully saturated rings. The molecule has 1 unspecified atom stereocenters. The second kappa shape index (κ2) is 5.51. The molecule has 104 valence electrons. The molecule has 1 atom stereocenters. The first-order valence-electron chi connectivity index (χ1n) is 6.89. The standard InChI is InChI=1S/C15H22N2O2/c1-9-7-12(8-13(14(9)16)15(18)19)17-10(2)11-5-3-4-6-11/h7-8,10-11,17H,3-6,16H2,1-2H3,(H,18,19). The lowest BCUT2D eigenvalue weighted by atomic mass is 9.99. The van der Waals surface area contributed by atoms with Crippen molar-refractivity contribution < 1.29 is 9.90 Å². The van der Waals surface area contributed by atoms with Crippen LogP contribution < -0.4 is 11.1 Å². The predicted molar refractivity (Wildman–Crippen MR) is 77.6 cm³/mol. The molecule has 0 bridgehead atoms. The number of nitrogen functional groups attached to an aromatic ring is 1. The summed E-state index contributed by atoms with van der Waals surface area (Å²) in [6.07, 6.45) is 5.12. The number of hydrogen-bond acceptors (Lipinski definition) is 3. The Hall–Kier alpha value is -1.71. The van der Waals surface area contributed by atoms with Crippen LogP contribution in [0.4, 0.5) is 11.4 Å². The minimum absolute atomic E-state index is 0.182. The summed E-state index contributed by atoms with van der Waals surface area (Å²) >= 11 is 0. The molecule has 1 aliphatic carbocycles. The van der Waals surface area contributed by atoms with Crippen molar-refractivity contribution in [2.45, 2.75) is 45.6 Å². The van der Waals surface area contributed by atoms with E-state index in [4.69, 9.17) is 10.8 Å². The Balaban J connectivity index is 2.18. The quantitative estimate of drug-likeness (QED) is 0.728. The maximum Gasteiger partial charge on any atom is 0.337 e. The van der Waals surface area contributed by atoms with Crippen LogP contribution in [0, 0.1) is 12.8 Å². The van der Waals surface area contributed by atoms with Gasteiger partial charge in [0, 0.05) is 17.4 Å². The maximum atomic E-state index is 11.2. The largest absolute Gasteiger partial charge is 0.478 e. The zero-order chi connectivity index (χ0) is 14.0. The van der Waals surface area contributed by atoms with Gasteiger partial charge in [-0.1, -0.05) is 12.8 Å². The molecule has 1 aromatic rings. The highest BCUT2D eigenvalue weighted by Gasteiger charge is 2.22. The lowest BCUT2D eigenvalue weighted by Crippen LogP contribution is -2.24. The van der Waals surface area contributed by atoms with Gasteiger partial charge in [0.2, 0.25) is 0 Å². The van der Waals surface area contributed by atoms with Gasteiger partial charge in [-0.05, 0) is 50.3 Å². The van der Waals surface area contributed by atoms with Gasteiger partial charge in [0.25, 0.3) is 0 Å². The van der Waals surface area contributed by atoms with Gasteiger partial charge in [0.1, 0.15) is 0 Å². The van der Waals surface area contributed by atoms with E-state index in [1.807, 2.05) is 13.0 Å². The van der Waals surface area contributed by atoms with Crippen LogP contribution >= 0.6 is 0 Å². The second-order valence-electron chi connectivity index (χ2n) is 5.54. The van der Waals surface area contributed by atoms with Crippen LogP contribution in [0.1, 0.15) is 48.5 Å². The predicted octanol–water partition coefficient (Wildman–Crippen LogP) is 3.27. The Labute approximate surface area is 114 Å². The lowest BCUT2D eigenvalue weighted by molar-refractivity contribution is 0.0698. The number of carbonyl (C=O) groups is 1. The van der Waals surface area contributed by atoms with Crippen molar-refractivity contribution in [3.63, 3.8) is 0 Å². The van der Waals surface area contributed by atoms with Crippen molar-refractivity contribution in [2.24, 2.45) is 5.92 Å².